The molecule has 2 aromatic rings. The first-order valence-corrected chi connectivity index (χ1v) is 7.33. The van der Waals surface area contributed by atoms with Crippen molar-refractivity contribution in [3.05, 3.63) is 52.1 Å². The lowest BCUT2D eigenvalue weighted by Gasteiger charge is -2.26. The molecule has 0 aromatic heterocycles. The number of carbonyl (C=O) groups excluding carboxylic acids is 1. The van der Waals surface area contributed by atoms with Crippen LogP contribution in [0.2, 0.25) is 0 Å². The Balaban J connectivity index is 1.97. The number of ether oxygens (including phenoxy) is 1. The maximum absolute atomic E-state index is 12.8. The predicted octanol–water partition coefficient (Wildman–Crippen LogP) is 3.71. The van der Waals surface area contributed by atoms with Gasteiger partial charge < -0.3 is 15.0 Å². The van der Waals surface area contributed by atoms with Gasteiger partial charge in [-0.2, -0.15) is 13.2 Å². The highest BCUT2D eigenvalue weighted by atomic mass is 19.4. The minimum Gasteiger partial charge on any atom is -0.482 e. The number of hydrogen-bond acceptors (Lipinski definition) is 5. The van der Waals surface area contributed by atoms with Crippen LogP contribution in [0, 0.1) is 10.1 Å². The largest absolute Gasteiger partial charge is 0.482 e. The molecule has 1 amide bonds. The number of hydrogen-bond donors (Lipinski definition) is 1. The van der Waals surface area contributed by atoms with E-state index in [0.717, 1.165) is 12.1 Å². The van der Waals surface area contributed by atoms with Crippen LogP contribution in [0.15, 0.2) is 36.4 Å². The summed E-state index contributed by atoms with van der Waals surface area (Å²) in [5.74, 6) is 0.190. The minimum atomic E-state index is -4.68. The smallest absolute Gasteiger partial charge is 0.416 e. The number of alkyl halides is 3. The number of nitrogens with one attached hydrogen (secondary N) is 1. The molecule has 1 aliphatic heterocycles. The quantitative estimate of drug-likeness (QED) is 0.660. The molecule has 0 bridgehead atoms. The Morgan fingerprint density at radius 1 is 1.23 bits per heavy atom. The molecule has 0 radical (unpaired) electrons. The van der Waals surface area contributed by atoms with Crippen LogP contribution in [0.1, 0.15) is 5.56 Å². The number of rotatable bonds is 3. The summed E-state index contributed by atoms with van der Waals surface area (Å²) < 4.78 is 43.6. The number of nitrogens with zero attached hydrogens (tertiary/aromatic N) is 2. The first kappa shape index (κ1) is 17.5. The maximum atomic E-state index is 12.8. The monoisotopic (exact) mass is 367 g/mol. The van der Waals surface area contributed by atoms with E-state index in [0.29, 0.717) is 23.2 Å². The molecule has 1 aliphatic rings. The Labute approximate surface area is 145 Å². The summed E-state index contributed by atoms with van der Waals surface area (Å²) in [6.45, 7) is -0.0966. The topological polar surface area (TPSA) is 84.7 Å². The maximum Gasteiger partial charge on any atom is 0.416 e. The molecule has 2 aromatic carbocycles. The Bertz CT molecular complexity index is 899. The second kappa shape index (κ2) is 6.21. The van der Waals surface area contributed by atoms with Gasteiger partial charge in [-0.05, 0) is 30.3 Å². The van der Waals surface area contributed by atoms with Gasteiger partial charge in [0, 0.05) is 18.8 Å². The fourth-order valence-electron chi connectivity index (χ4n) is 2.47. The summed E-state index contributed by atoms with van der Waals surface area (Å²) in [5, 5.41) is 13.9. The van der Waals surface area contributed by atoms with E-state index in [9.17, 15) is 28.1 Å². The average Bonchev–Trinajstić information content (AvgIpc) is 2.58. The number of halogens is 3. The number of fused-ring (bicyclic) bond motifs is 1. The first-order valence-electron chi connectivity index (χ1n) is 7.33. The van der Waals surface area contributed by atoms with E-state index in [1.54, 1.807) is 19.2 Å². The molecule has 0 aliphatic carbocycles. The summed E-state index contributed by atoms with van der Waals surface area (Å²) in [4.78, 5) is 23.3. The van der Waals surface area contributed by atoms with Crippen molar-refractivity contribution in [2.75, 3.05) is 23.9 Å². The van der Waals surface area contributed by atoms with Gasteiger partial charge in [-0.25, -0.2) is 0 Å². The summed E-state index contributed by atoms with van der Waals surface area (Å²) in [5.41, 5.74) is -1.12. The minimum absolute atomic E-state index is 0.0966. The second-order valence-electron chi connectivity index (χ2n) is 5.54. The van der Waals surface area contributed by atoms with Gasteiger partial charge in [0.05, 0.1) is 16.2 Å². The molecule has 0 atom stereocenters. The van der Waals surface area contributed by atoms with E-state index in [-0.39, 0.29) is 18.2 Å². The Morgan fingerprint density at radius 3 is 2.62 bits per heavy atom. The van der Waals surface area contributed by atoms with Crippen LogP contribution in [0.4, 0.5) is 35.9 Å². The van der Waals surface area contributed by atoms with Gasteiger partial charge in [-0.1, -0.05) is 0 Å². The van der Waals surface area contributed by atoms with Crippen LogP contribution < -0.4 is 15.0 Å². The summed E-state index contributed by atoms with van der Waals surface area (Å²) in [6.07, 6.45) is -4.68. The SMILES string of the molecule is CN1C(=O)COc2ccc(Nc3ccc(C(F)(F)F)cc3[N+](=O)[O-])cc21. The fraction of sp³-hybridized carbons (Fsp3) is 0.188. The van der Waals surface area contributed by atoms with Crippen molar-refractivity contribution in [3.8, 4) is 5.75 Å². The molecule has 0 spiro atoms. The van der Waals surface area contributed by atoms with Crippen LogP contribution in [0.25, 0.3) is 0 Å². The Morgan fingerprint density at radius 2 is 1.96 bits per heavy atom. The Kier molecular flexibility index (Phi) is 4.18. The second-order valence-corrected chi connectivity index (χ2v) is 5.54. The lowest BCUT2D eigenvalue weighted by Crippen LogP contribution is -2.35. The zero-order chi connectivity index (χ0) is 19.1. The highest BCUT2D eigenvalue weighted by Crippen LogP contribution is 2.38. The third-order valence-corrected chi connectivity index (χ3v) is 3.85. The summed E-state index contributed by atoms with van der Waals surface area (Å²) in [7, 11) is 1.55. The molecule has 136 valence electrons. The van der Waals surface area contributed by atoms with Gasteiger partial charge in [0.2, 0.25) is 0 Å². The molecule has 10 heteroatoms. The lowest BCUT2D eigenvalue weighted by atomic mass is 10.1. The normalized spacial score (nSPS) is 13.8. The van der Waals surface area contributed by atoms with Crippen molar-refractivity contribution in [3.63, 3.8) is 0 Å². The van der Waals surface area contributed by atoms with Crippen LogP contribution in [-0.4, -0.2) is 24.5 Å². The molecule has 7 nitrogen and oxygen atoms in total. The van der Waals surface area contributed by atoms with Gasteiger partial charge in [0.15, 0.2) is 6.61 Å². The highest BCUT2D eigenvalue weighted by molar-refractivity contribution is 5.98. The van der Waals surface area contributed by atoms with E-state index in [1.165, 1.54) is 11.0 Å². The van der Waals surface area contributed by atoms with Crippen LogP contribution >= 0.6 is 0 Å². The van der Waals surface area contributed by atoms with E-state index in [1.807, 2.05) is 0 Å². The molecule has 1 heterocycles. The number of nitro groups is 1. The molecule has 0 saturated carbocycles. The van der Waals surface area contributed by atoms with Gasteiger partial charge in [-0.3, -0.25) is 14.9 Å². The van der Waals surface area contributed by atoms with Crippen LogP contribution in [-0.2, 0) is 11.0 Å². The van der Waals surface area contributed by atoms with Crippen molar-refractivity contribution < 1.29 is 27.6 Å². The molecular formula is C16H12F3N3O4. The van der Waals surface area contributed by atoms with Crippen molar-refractivity contribution >= 4 is 28.7 Å². The highest BCUT2D eigenvalue weighted by Gasteiger charge is 2.33. The van der Waals surface area contributed by atoms with E-state index in [2.05, 4.69) is 5.32 Å². The van der Waals surface area contributed by atoms with Crippen molar-refractivity contribution in [2.45, 2.75) is 6.18 Å². The molecule has 0 unspecified atom stereocenters. The molecule has 0 fully saturated rings. The third kappa shape index (κ3) is 3.25. The fourth-order valence-corrected chi connectivity index (χ4v) is 2.47. The van der Waals surface area contributed by atoms with E-state index in [4.69, 9.17) is 4.74 Å². The zero-order valence-corrected chi connectivity index (χ0v) is 13.3. The summed E-state index contributed by atoms with van der Waals surface area (Å²) in [6, 6.07) is 6.85. The van der Waals surface area contributed by atoms with Gasteiger partial charge >= 0.3 is 6.18 Å². The lowest BCUT2D eigenvalue weighted by molar-refractivity contribution is -0.384. The summed E-state index contributed by atoms with van der Waals surface area (Å²) >= 11 is 0. The zero-order valence-electron chi connectivity index (χ0n) is 13.3. The molecule has 1 N–H and O–H groups in total. The van der Waals surface area contributed by atoms with Crippen molar-refractivity contribution in [2.24, 2.45) is 0 Å². The number of benzene rings is 2. The van der Waals surface area contributed by atoms with Crippen LogP contribution in [0.5, 0.6) is 5.75 Å². The number of anilines is 3. The van der Waals surface area contributed by atoms with Gasteiger partial charge in [0.1, 0.15) is 11.4 Å². The van der Waals surface area contributed by atoms with E-state index < -0.39 is 22.4 Å². The van der Waals surface area contributed by atoms with E-state index >= 15 is 0 Å². The third-order valence-electron chi connectivity index (χ3n) is 3.85. The molecule has 3 rings (SSSR count). The number of likely N-dealkylation sites (N-methyl/N-ethyl adjacent to an activating group) is 1. The molecular weight excluding hydrogens is 355 g/mol. The first-order chi connectivity index (χ1) is 12.2. The number of carbonyl (C=O) groups is 1. The average molecular weight is 367 g/mol. The molecule has 26 heavy (non-hydrogen) atoms. The Hall–Kier alpha value is -3.30. The van der Waals surface area contributed by atoms with Crippen molar-refractivity contribution in [1.82, 2.24) is 0 Å². The van der Waals surface area contributed by atoms with Crippen molar-refractivity contribution in [1.29, 1.82) is 0 Å². The van der Waals surface area contributed by atoms with Gasteiger partial charge in [-0.15, -0.1) is 0 Å². The molecule has 0 saturated heterocycles. The standard InChI is InChI=1S/C16H12F3N3O4/c1-21-13-7-10(3-5-14(13)26-8-15(21)23)20-11-4-2-9(16(17,18)19)6-12(11)22(24)25/h2-7,20H,8H2,1H3. The number of amides is 1. The predicted molar refractivity (Wildman–Crippen MR) is 86.7 cm³/mol. The van der Waals surface area contributed by atoms with Crippen LogP contribution in [0.3, 0.4) is 0 Å². The number of nitro benzene ring substituents is 1. The van der Waals surface area contributed by atoms with Gasteiger partial charge in [0.25, 0.3) is 11.6 Å².